The minimum Gasteiger partial charge on any atom is -0.493 e. The number of aromatic nitrogens is 7. The number of furan rings is 1. The van der Waals surface area contributed by atoms with Gasteiger partial charge in [0.05, 0.1) is 52.5 Å². The first-order valence-corrected chi connectivity index (χ1v) is 37.1. The van der Waals surface area contributed by atoms with E-state index in [1.165, 1.54) is 17.5 Å². The summed E-state index contributed by atoms with van der Waals surface area (Å²) in [6, 6.07) is 78.5. The molecular formula is C91H97N7O10. The van der Waals surface area contributed by atoms with Crippen LogP contribution < -0.4 is 18.9 Å². The van der Waals surface area contributed by atoms with Gasteiger partial charge in [0.2, 0.25) is 0 Å². The van der Waals surface area contributed by atoms with Crippen molar-refractivity contribution in [3.05, 3.63) is 300 Å². The van der Waals surface area contributed by atoms with Gasteiger partial charge in [0.15, 0.2) is 0 Å². The van der Waals surface area contributed by atoms with Crippen LogP contribution in [0, 0.1) is 17.8 Å². The average Bonchev–Trinajstić information content (AvgIpc) is 1.02. The zero-order valence-corrected chi connectivity index (χ0v) is 62.7. The molecule has 13 rings (SSSR count). The first-order chi connectivity index (χ1) is 52.7. The Bertz CT molecular complexity index is 4890. The molecule has 3 atom stereocenters. The number of ether oxygens (including phenoxy) is 6. The number of H-pyrrole nitrogens is 1. The van der Waals surface area contributed by atoms with Crippen molar-refractivity contribution < 1.29 is 47.2 Å². The highest BCUT2D eigenvalue weighted by molar-refractivity contribution is 5.80. The molecule has 13 aromatic rings. The van der Waals surface area contributed by atoms with E-state index in [1.54, 1.807) is 20.8 Å². The summed E-state index contributed by atoms with van der Waals surface area (Å²) in [4.78, 5) is 56.1. The SMILES string of the molecule is CC(=O)C(C)CC(C)Cc1cccc(OCc2ccc3ccccc3n2)c1.CC(=O)C(C)CCCc1cccc(OCc2ccc3ccccc3n2)c1.CC(=O)CCCOCc1ccc(COCc2ccc3ccccc3n2)o1.c1ccc(-c2ccc(COc3cccc(OCCCc4ncn[nH]4)c3)nc2)cc1. The number of hydrogen-bond donors (Lipinski definition) is 1. The number of carbonyl (C=O) groups is 3. The fraction of sp³-hybridized carbons (Fsp3) is 0.286. The number of pyridine rings is 4. The summed E-state index contributed by atoms with van der Waals surface area (Å²) in [5, 5.41) is 10.1. The Balaban J connectivity index is 0.000000154. The molecule has 0 bridgehead atoms. The number of nitrogens with zero attached hydrogens (tertiary/aromatic N) is 6. The highest BCUT2D eigenvalue weighted by Gasteiger charge is 2.15. The Morgan fingerprint density at radius 1 is 0.426 bits per heavy atom. The number of nitrogens with one attached hydrogen (secondary N) is 1. The van der Waals surface area contributed by atoms with Crippen LogP contribution in [0.3, 0.4) is 0 Å². The molecule has 17 nitrogen and oxygen atoms in total. The van der Waals surface area contributed by atoms with Gasteiger partial charge in [0, 0.05) is 65.3 Å². The number of carbonyl (C=O) groups excluding carboxylic acids is 3. The highest BCUT2D eigenvalue weighted by atomic mass is 16.5. The summed E-state index contributed by atoms with van der Waals surface area (Å²) in [5.74, 6) is 7.09. The number of rotatable bonds is 35. The molecule has 0 aliphatic rings. The summed E-state index contributed by atoms with van der Waals surface area (Å²) in [7, 11) is 0. The maximum Gasteiger partial charge on any atom is 0.137 e. The van der Waals surface area contributed by atoms with Crippen LogP contribution in [0.2, 0.25) is 0 Å². The fourth-order valence-electron chi connectivity index (χ4n) is 11.8. The van der Waals surface area contributed by atoms with Crippen molar-refractivity contribution in [2.24, 2.45) is 17.8 Å². The van der Waals surface area contributed by atoms with E-state index >= 15 is 0 Å². The van der Waals surface area contributed by atoms with Gasteiger partial charge >= 0.3 is 0 Å². The maximum absolute atomic E-state index is 11.5. The number of hydrogen-bond acceptors (Lipinski definition) is 16. The number of aryl methyl sites for hydroxylation is 2. The largest absolute Gasteiger partial charge is 0.493 e. The summed E-state index contributed by atoms with van der Waals surface area (Å²) >= 11 is 0. The molecule has 0 saturated heterocycles. The summed E-state index contributed by atoms with van der Waals surface area (Å²) < 4.78 is 40.5. The van der Waals surface area contributed by atoms with Gasteiger partial charge in [-0.1, -0.05) is 160 Å². The Hall–Kier alpha value is -11.5. The third-order valence-corrected chi connectivity index (χ3v) is 18.1. The van der Waals surface area contributed by atoms with Gasteiger partial charge in [-0.2, -0.15) is 5.10 Å². The Kier molecular flexibility index (Phi) is 31.2. The van der Waals surface area contributed by atoms with Crippen LogP contribution in [-0.4, -0.2) is 65.7 Å². The molecule has 108 heavy (non-hydrogen) atoms. The van der Waals surface area contributed by atoms with Crippen molar-refractivity contribution in [3.8, 4) is 34.1 Å². The van der Waals surface area contributed by atoms with E-state index in [9.17, 15) is 14.4 Å². The van der Waals surface area contributed by atoms with Gasteiger partial charge in [-0.25, -0.2) is 15.0 Å². The van der Waals surface area contributed by atoms with Gasteiger partial charge in [-0.15, -0.1) is 0 Å². The standard InChI is InChI=1S/C24H27NO2.C23H22N4O2.C23H25NO2.C21H23NO4/c1-17(13-18(2)19(3)26)14-20-7-6-9-23(15-20)27-16-22-12-11-21-8-4-5-10-24(21)25-22;1-2-6-18(7-3-1)19-11-12-20(24-15-19)16-29-22-9-4-8-21(14-22)28-13-5-10-23-25-17-26-27-23;1-17(18(2)25)7-5-8-19-9-6-11-22(15-19)26-16-21-14-13-20-10-3-4-12-23(20)24-21;1-16(23)5-4-12-24-14-19-10-11-20(26-19)15-25-13-18-9-8-17-6-2-3-7-21(17)22-18/h4-12,15,17-18H,13-14,16H2,1-3H3;1-4,6-9,11-12,14-15,17H,5,10,13,16H2,(H,25,26,27);3-4,6,9-15,17H,5,7-8,16H2,1-2H3;2-3,6-11H,4-5,12-15H2,1H3. The number of benzene rings is 7. The van der Waals surface area contributed by atoms with Crippen molar-refractivity contribution in [2.75, 3.05) is 13.2 Å². The molecule has 1 N–H and O–H groups in total. The van der Waals surface area contributed by atoms with Crippen LogP contribution in [0.4, 0.5) is 0 Å². The van der Waals surface area contributed by atoms with Gasteiger partial charge in [-0.05, 0) is 179 Å². The topological polar surface area (TPSA) is 213 Å². The highest BCUT2D eigenvalue weighted by Crippen LogP contribution is 2.26. The van der Waals surface area contributed by atoms with Crippen LogP contribution in [0.1, 0.15) is 131 Å². The second kappa shape index (κ2) is 42.6. The Labute approximate surface area is 633 Å². The van der Waals surface area contributed by atoms with E-state index in [4.69, 9.17) is 32.8 Å². The first-order valence-electron chi connectivity index (χ1n) is 37.1. The van der Waals surface area contributed by atoms with E-state index in [2.05, 4.69) is 115 Å². The van der Waals surface area contributed by atoms with E-state index in [0.717, 1.165) is 158 Å². The summed E-state index contributed by atoms with van der Waals surface area (Å²) in [5.41, 5.74) is 11.3. The monoisotopic (exact) mass is 1450 g/mol. The van der Waals surface area contributed by atoms with Gasteiger partial charge in [-0.3, -0.25) is 24.7 Å². The number of Topliss-reactive ketones (excluding diaryl/α,β-unsaturated/α-hetero) is 3. The third-order valence-electron chi connectivity index (χ3n) is 18.1. The predicted octanol–water partition coefficient (Wildman–Crippen LogP) is 19.9. The lowest BCUT2D eigenvalue weighted by atomic mass is 9.90. The van der Waals surface area contributed by atoms with E-state index in [0.29, 0.717) is 65.2 Å². The number of aromatic amines is 1. The minimum absolute atomic E-state index is 0.124. The molecule has 0 aliphatic heterocycles. The van der Waals surface area contributed by atoms with Crippen LogP contribution >= 0.6 is 0 Å². The second-order valence-electron chi connectivity index (χ2n) is 27.1. The van der Waals surface area contributed by atoms with Crippen molar-refractivity contribution >= 4 is 50.1 Å². The molecule has 3 unspecified atom stereocenters. The van der Waals surface area contributed by atoms with Crippen molar-refractivity contribution in [3.63, 3.8) is 0 Å². The molecule has 17 heteroatoms. The van der Waals surface area contributed by atoms with Gasteiger partial charge in [0.1, 0.15) is 97.1 Å². The van der Waals surface area contributed by atoms with Gasteiger partial charge < -0.3 is 37.6 Å². The second-order valence-corrected chi connectivity index (χ2v) is 27.1. The predicted molar refractivity (Wildman–Crippen MR) is 424 cm³/mol. The van der Waals surface area contributed by atoms with Crippen molar-refractivity contribution in [2.45, 2.75) is 139 Å². The molecular weight excluding hydrogens is 1350 g/mol. The van der Waals surface area contributed by atoms with Crippen LogP contribution in [0.5, 0.6) is 23.0 Å². The van der Waals surface area contributed by atoms with Crippen LogP contribution in [-0.2, 0) is 82.8 Å². The molecule has 7 aromatic carbocycles. The van der Waals surface area contributed by atoms with Crippen molar-refractivity contribution in [1.29, 1.82) is 0 Å². The van der Waals surface area contributed by atoms with E-state index in [1.807, 2.05) is 184 Å². The number of ketones is 3. The summed E-state index contributed by atoms with van der Waals surface area (Å²) in [6.45, 7) is 14.8. The molecule has 6 aromatic heterocycles. The molecule has 0 radical (unpaired) electrons. The zero-order chi connectivity index (χ0) is 75.5. The third kappa shape index (κ3) is 27.1. The molecule has 0 spiro atoms. The van der Waals surface area contributed by atoms with Crippen LogP contribution in [0.15, 0.2) is 254 Å². The molecule has 0 saturated carbocycles. The normalized spacial score (nSPS) is 11.8. The smallest absolute Gasteiger partial charge is 0.137 e. The molecule has 6 heterocycles. The lowest BCUT2D eigenvalue weighted by molar-refractivity contribution is -0.121. The van der Waals surface area contributed by atoms with E-state index in [-0.39, 0.29) is 29.2 Å². The molecule has 0 aliphatic carbocycles. The maximum atomic E-state index is 11.5. The Morgan fingerprint density at radius 3 is 1.51 bits per heavy atom. The number of fused-ring (bicyclic) bond motifs is 3. The van der Waals surface area contributed by atoms with Crippen molar-refractivity contribution in [1.82, 2.24) is 35.1 Å². The quantitative estimate of drug-likeness (QED) is 0.0366. The zero-order valence-electron chi connectivity index (χ0n) is 62.7. The molecule has 0 amide bonds. The Morgan fingerprint density at radius 2 is 0.944 bits per heavy atom. The molecule has 556 valence electrons. The van der Waals surface area contributed by atoms with Crippen LogP contribution in [0.25, 0.3) is 43.8 Å². The fourth-order valence-corrected chi connectivity index (χ4v) is 11.8. The van der Waals surface area contributed by atoms with E-state index < -0.39 is 0 Å². The van der Waals surface area contributed by atoms with Gasteiger partial charge in [0.25, 0.3) is 0 Å². The molecule has 0 fully saturated rings. The summed E-state index contributed by atoms with van der Waals surface area (Å²) in [6.07, 6.45) is 11.1. The number of para-hydroxylation sites is 3. The average molecular weight is 1450 g/mol. The minimum atomic E-state index is 0.124. The lowest BCUT2D eigenvalue weighted by Gasteiger charge is -2.16. The lowest BCUT2D eigenvalue weighted by Crippen LogP contribution is -2.12. The first kappa shape index (κ1) is 79.0.